The molecule has 2 aromatic carbocycles. The van der Waals surface area contributed by atoms with Crippen molar-refractivity contribution in [1.82, 2.24) is 9.62 Å². The molecule has 2 aromatic rings. The second kappa shape index (κ2) is 8.22. The molecule has 0 aliphatic heterocycles. The molecule has 1 N–H and O–H groups in total. The van der Waals surface area contributed by atoms with Crippen LogP contribution >= 0.6 is 0 Å². The summed E-state index contributed by atoms with van der Waals surface area (Å²) in [6, 6.07) is 12.7. The Morgan fingerprint density at radius 1 is 1.12 bits per heavy atom. The van der Waals surface area contributed by atoms with Crippen molar-refractivity contribution in [1.29, 1.82) is 0 Å². The van der Waals surface area contributed by atoms with Crippen LogP contribution in [0.4, 0.5) is 4.39 Å². The second-order valence-electron chi connectivity index (χ2n) is 5.80. The lowest BCUT2D eigenvalue weighted by molar-refractivity contribution is -0.130. The lowest BCUT2D eigenvalue weighted by Gasteiger charge is -2.18. The van der Waals surface area contributed by atoms with E-state index in [1.165, 1.54) is 23.1 Å². The molecule has 2 rings (SSSR count). The molecule has 0 spiro atoms. The monoisotopic (exact) mass is 364 g/mol. The third kappa shape index (κ3) is 5.37. The maximum Gasteiger partial charge on any atom is 0.240 e. The van der Waals surface area contributed by atoms with E-state index in [1.807, 2.05) is 6.92 Å². The Morgan fingerprint density at radius 3 is 2.40 bits per heavy atom. The van der Waals surface area contributed by atoms with E-state index in [1.54, 1.807) is 37.4 Å². The lowest BCUT2D eigenvalue weighted by Crippen LogP contribution is -2.32. The Balaban J connectivity index is 1.87. The van der Waals surface area contributed by atoms with Crippen LogP contribution in [0.3, 0.4) is 0 Å². The summed E-state index contributed by atoms with van der Waals surface area (Å²) in [6.45, 7) is 1.99. The zero-order valence-corrected chi connectivity index (χ0v) is 15.0. The van der Waals surface area contributed by atoms with E-state index in [-0.39, 0.29) is 36.1 Å². The van der Waals surface area contributed by atoms with E-state index in [0.29, 0.717) is 5.56 Å². The smallest absolute Gasteiger partial charge is 0.240 e. The fourth-order valence-electron chi connectivity index (χ4n) is 2.25. The highest BCUT2D eigenvalue weighted by molar-refractivity contribution is 7.89. The van der Waals surface area contributed by atoms with Crippen molar-refractivity contribution in [3.63, 3.8) is 0 Å². The van der Waals surface area contributed by atoms with Gasteiger partial charge >= 0.3 is 0 Å². The quantitative estimate of drug-likeness (QED) is 0.821. The van der Waals surface area contributed by atoms with E-state index >= 15 is 0 Å². The molecule has 0 aromatic heterocycles. The number of hydrogen-bond donors (Lipinski definition) is 1. The van der Waals surface area contributed by atoms with Crippen LogP contribution < -0.4 is 4.72 Å². The van der Waals surface area contributed by atoms with Gasteiger partial charge in [0.25, 0.3) is 0 Å². The highest BCUT2D eigenvalue weighted by atomic mass is 32.2. The molecule has 134 valence electrons. The first kappa shape index (κ1) is 19.1. The van der Waals surface area contributed by atoms with Gasteiger partial charge in [0.1, 0.15) is 5.82 Å². The van der Waals surface area contributed by atoms with Gasteiger partial charge in [0.15, 0.2) is 0 Å². The standard InChI is InChI=1S/C18H21FN2O3S/c1-14-7-9-16(10-8-14)25(23,24)20-12-11-18(22)21(2)13-15-5-3-4-6-17(15)19/h3-10,20H,11-13H2,1-2H3. The summed E-state index contributed by atoms with van der Waals surface area (Å²) >= 11 is 0. The summed E-state index contributed by atoms with van der Waals surface area (Å²) in [6.07, 6.45) is -0.00392. The van der Waals surface area contributed by atoms with Gasteiger partial charge in [0.2, 0.25) is 15.9 Å². The van der Waals surface area contributed by atoms with Crippen LogP contribution in [0, 0.1) is 12.7 Å². The van der Waals surface area contributed by atoms with Crippen LogP contribution in [-0.4, -0.2) is 32.8 Å². The van der Waals surface area contributed by atoms with Crippen LogP contribution in [0.15, 0.2) is 53.4 Å². The molecule has 0 aliphatic rings. The number of benzene rings is 2. The number of nitrogens with one attached hydrogen (secondary N) is 1. The van der Waals surface area contributed by atoms with E-state index in [9.17, 15) is 17.6 Å². The van der Waals surface area contributed by atoms with Gasteiger partial charge < -0.3 is 4.90 Å². The predicted molar refractivity (Wildman–Crippen MR) is 93.9 cm³/mol. The minimum absolute atomic E-state index is 0.00392. The molecule has 0 bridgehead atoms. The normalized spacial score (nSPS) is 11.3. The van der Waals surface area contributed by atoms with Crippen molar-refractivity contribution in [3.05, 3.63) is 65.5 Å². The molecule has 0 saturated carbocycles. The number of nitrogens with zero attached hydrogens (tertiary/aromatic N) is 1. The van der Waals surface area contributed by atoms with Gasteiger partial charge in [-0.05, 0) is 25.1 Å². The average Bonchev–Trinajstić information content (AvgIpc) is 2.57. The van der Waals surface area contributed by atoms with E-state index < -0.39 is 10.0 Å². The van der Waals surface area contributed by atoms with Crippen molar-refractivity contribution < 1.29 is 17.6 Å². The molecule has 0 aliphatic carbocycles. The topological polar surface area (TPSA) is 66.5 Å². The zero-order chi connectivity index (χ0) is 18.4. The van der Waals surface area contributed by atoms with Crippen molar-refractivity contribution >= 4 is 15.9 Å². The Kier molecular flexibility index (Phi) is 6.27. The molecular weight excluding hydrogens is 343 g/mol. The molecule has 7 heteroatoms. The van der Waals surface area contributed by atoms with Crippen molar-refractivity contribution in [3.8, 4) is 0 Å². The number of sulfonamides is 1. The fourth-order valence-corrected chi connectivity index (χ4v) is 3.29. The van der Waals surface area contributed by atoms with Gasteiger partial charge in [-0.1, -0.05) is 35.9 Å². The molecule has 1 amide bonds. The zero-order valence-electron chi connectivity index (χ0n) is 14.2. The summed E-state index contributed by atoms with van der Waals surface area (Å²) in [4.78, 5) is 13.6. The van der Waals surface area contributed by atoms with Crippen LogP contribution in [0.25, 0.3) is 0 Å². The van der Waals surface area contributed by atoms with E-state index in [2.05, 4.69) is 4.72 Å². The molecular formula is C18H21FN2O3S. The summed E-state index contributed by atoms with van der Waals surface area (Å²) in [5.74, 6) is -0.642. The number of amides is 1. The summed E-state index contributed by atoms with van der Waals surface area (Å²) in [5.41, 5.74) is 1.38. The Morgan fingerprint density at radius 2 is 1.76 bits per heavy atom. The van der Waals surface area contributed by atoms with Crippen molar-refractivity contribution in [2.45, 2.75) is 24.8 Å². The first-order valence-electron chi connectivity index (χ1n) is 7.83. The van der Waals surface area contributed by atoms with E-state index in [4.69, 9.17) is 0 Å². The molecule has 0 saturated heterocycles. The minimum atomic E-state index is -3.64. The number of carbonyl (C=O) groups excluding carboxylic acids is 1. The summed E-state index contributed by atoms with van der Waals surface area (Å²) in [7, 11) is -2.09. The molecule has 0 unspecified atom stereocenters. The Labute approximate surface area is 147 Å². The van der Waals surface area contributed by atoms with Gasteiger partial charge in [-0.25, -0.2) is 17.5 Å². The van der Waals surface area contributed by atoms with Crippen molar-refractivity contribution in [2.75, 3.05) is 13.6 Å². The molecule has 0 radical (unpaired) electrons. The SMILES string of the molecule is Cc1ccc(S(=O)(=O)NCCC(=O)N(C)Cc2ccccc2F)cc1. The number of aryl methyl sites for hydroxylation is 1. The Bertz CT molecular complexity index is 836. The third-order valence-corrected chi connectivity index (χ3v) is 5.23. The first-order valence-corrected chi connectivity index (χ1v) is 9.31. The second-order valence-corrected chi connectivity index (χ2v) is 7.57. The van der Waals surface area contributed by atoms with Gasteiger partial charge in [0, 0.05) is 32.1 Å². The van der Waals surface area contributed by atoms with Gasteiger partial charge in [0.05, 0.1) is 4.90 Å². The molecule has 25 heavy (non-hydrogen) atoms. The highest BCUT2D eigenvalue weighted by Gasteiger charge is 2.16. The fraction of sp³-hybridized carbons (Fsp3) is 0.278. The summed E-state index contributed by atoms with van der Waals surface area (Å²) in [5, 5.41) is 0. The number of rotatable bonds is 7. The highest BCUT2D eigenvalue weighted by Crippen LogP contribution is 2.11. The first-order chi connectivity index (χ1) is 11.8. The van der Waals surface area contributed by atoms with Gasteiger partial charge in [-0.3, -0.25) is 4.79 Å². The molecule has 5 nitrogen and oxygen atoms in total. The molecule has 0 heterocycles. The third-order valence-electron chi connectivity index (χ3n) is 3.75. The van der Waals surface area contributed by atoms with Crippen LogP contribution in [0.5, 0.6) is 0 Å². The number of hydrogen-bond acceptors (Lipinski definition) is 3. The summed E-state index contributed by atoms with van der Waals surface area (Å²) < 4.78 is 40.3. The number of halogens is 1. The molecule has 0 atom stereocenters. The lowest BCUT2D eigenvalue weighted by atomic mass is 10.2. The van der Waals surface area contributed by atoms with Crippen LogP contribution in [0.2, 0.25) is 0 Å². The maximum atomic E-state index is 13.6. The predicted octanol–water partition coefficient (Wildman–Crippen LogP) is 2.46. The minimum Gasteiger partial charge on any atom is -0.341 e. The van der Waals surface area contributed by atoms with E-state index in [0.717, 1.165) is 5.56 Å². The average molecular weight is 364 g/mol. The Hall–Kier alpha value is -2.25. The maximum absolute atomic E-state index is 13.6. The van der Waals surface area contributed by atoms with Gasteiger partial charge in [-0.15, -0.1) is 0 Å². The van der Waals surface area contributed by atoms with Crippen LogP contribution in [0.1, 0.15) is 17.5 Å². The molecule has 0 fully saturated rings. The van der Waals surface area contributed by atoms with Crippen LogP contribution in [-0.2, 0) is 21.4 Å². The van der Waals surface area contributed by atoms with Crippen molar-refractivity contribution in [2.24, 2.45) is 0 Å². The number of carbonyl (C=O) groups is 1. The van der Waals surface area contributed by atoms with Gasteiger partial charge in [-0.2, -0.15) is 0 Å². The largest absolute Gasteiger partial charge is 0.341 e.